The van der Waals surface area contributed by atoms with Crippen LogP contribution in [0.4, 0.5) is 5.82 Å². The molecule has 0 amide bonds. The Bertz CT molecular complexity index is 774. The van der Waals surface area contributed by atoms with Crippen molar-refractivity contribution in [2.45, 2.75) is 31.3 Å². The molecule has 3 aromatic rings. The van der Waals surface area contributed by atoms with Crippen molar-refractivity contribution in [3.63, 3.8) is 0 Å². The number of pyridine rings is 1. The summed E-state index contributed by atoms with van der Waals surface area (Å²) in [5.74, 6) is 1.84. The highest BCUT2D eigenvalue weighted by molar-refractivity contribution is 7.99. The molecule has 2 heterocycles. The molecule has 5 heteroatoms. The minimum Gasteiger partial charge on any atom is -0.366 e. The van der Waals surface area contributed by atoms with E-state index in [4.69, 9.17) is 9.97 Å². The van der Waals surface area contributed by atoms with Gasteiger partial charge in [-0.2, -0.15) is 0 Å². The summed E-state index contributed by atoms with van der Waals surface area (Å²) in [5.41, 5.74) is 3.15. The van der Waals surface area contributed by atoms with Crippen LogP contribution < -0.4 is 5.32 Å². The lowest BCUT2D eigenvalue weighted by Gasteiger charge is -2.13. The molecule has 0 aliphatic rings. The molecule has 0 spiro atoms. The molecule has 0 aliphatic carbocycles. The summed E-state index contributed by atoms with van der Waals surface area (Å²) in [5, 5.41) is 4.37. The van der Waals surface area contributed by atoms with Gasteiger partial charge in [-0.3, -0.25) is 4.98 Å². The molecule has 23 heavy (non-hydrogen) atoms. The average molecular weight is 324 g/mol. The van der Waals surface area contributed by atoms with Gasteiger partial charge in [0.2, 0.25) is 0 Å². The van der Waals surface area contributed by atoms with Gasteiger partial charge in [0.25, 0.3) is 0 Å². The number of aryl methyl sites for hydroxylation is 1. The van der Waals surface area contributed by atoms with E-state index >= 15 is 0 Å². The van der Waals surface area contributed by atoms with Crippen LogP contribution in [-0.4, -0.2) is 26.7 Å². The number of fused-ring (bicyclic) bond motifs is 1. The first-order valence-electron chi connectivity index (χ1n) is 7.77. The second-order valence-corrected chi connectivity index (χ2v) is 6.70. The van der Waals surface area contributed by atoms with Crippen molar-refractivity contribution in [3.8, 4) is 0 Å². The molecular weight excluding hydrogens is 304 g/mol. The highest BCUT2D eigenvalue weighted by atomic mass is 32.2. The third-order valence-corrected chi connectivity index (χ3v) is 4.31. The third-order valence-electron chi connectivity index (χ3n) is 3.34. The smallest absolute Gasteiger partial charge is 0.159 e. The number of nitrogens with zero attached hydrogens (tertiary/aromatic N) is 3. The van der Waals surface area contributed by atoms with Gasteiger partial charge in [0.05, 0.1) is 11.0 Å². The molecular formula is C18H20N4S. The van der Waals surface area contributed by atoms with Crippen molar-refractivity contribution in [2.75, 3.05) is 11.1 Å². The van der Waals surface area contributed by atoms with Gasteiger partial charge in [0.15, 0.2) is 5.82 Å². The first-order chi connectivity index (χ1) is 11.2. The standard InChI is InChI=1S/C18H20N4S/c1-13(2)20-17-18(22-16-6-4-3-5-15(16)21-17)23-12-9-14-7-10-19-11-8-14/h3-8,10-11,13H,9,12H2,1-2H3,(H,20,21). The molecule has 0 bridgehead atoms. The Morgan fingerprint density at radius 2 is 1.70 bits per heavy atom. The third kappa shape index (κ3) is 4.20. The molecule has 0 aliphatic heterocycles. The minimum absolute atomic E-state index is 0.324. The van der Waals surface area contributed by atoms with E-state index in [1.165, 1.54) is 5.56 Å². The van der Waals surface area contributed by atoms with E-state index in [1.54, 1.807) is 11.8 Å². The van der Waals surface area contributed by atoms with Crippen molar-refractivity contribution in [1.82, 2.24) is 15.0 Å². The molecule has 0 atom stereocenters. The molecule has 0 saturated carbocycles. The van der Waals surface area contributed by atoms with Crippen molar-refractivity contribution in [1.29, 1.82) is 0 Å². The zero-order chi connectivity index (χ0) is 16.1. The van der Waals surface area contributed by atoms with Crippen molar-refractivity contribution < 1.29 is 0 Å². The Balaban J connectivity index is 1.79. The van der Waals surface area contributed by atoms with E-state index in [-0.39, 0.29) is 0 Å². The van der Waals surface area contributed by atoms with Crippen LogP contribution >= 0.6 is 11.8 Å². The first-order valence-corrected chi connectivity index (χ1v) is 8.76. The van der Waals surface area contributed by atoms with E-state index in [2.05, 4.69) is 36.3 Å². The summed E-state index contributed by atoms with van der Waals surface area (Å²) in [6.07, 6.45) is 4.66. The molecule has 118 valence electrons. The number of thioether (sulfide) groups is 1. The van der Waals surface area contributed by atoms with Gasteiger partial charge in [0.1, 0.15) is 5.03 Å². The fourth-order valence-electron chi connectivity index (χ4n) is 2.27. The van der Waals surface area contributed by atoms with Gasteiger partial charge in [-0.25, -0.2) is 9.97 Å². The Kier molecular flexibility index (Phi) is 5.08. The highest BCUT2D eigenvalue weighted by Gasteiger charge is 2.10. The van der Waals surface area contributed by atoms with Crippen molar-refractivity contribution in [2.24, 2.45) is 0 Å². The van der Waals surface area contributed by atoms with Gasteiger partial charge in [-0.15, -0.1) is 11.8 Å². The first kappa shape index (κ1) is 15.7. The largest absolute Gasteiger partial charge is 0.366 e. The number of hydrogen-bond donors (Lipinski definition) is 1. The SMILES string of the molecule is CC(C)Nc1nc2ccccc2nc1SCCc1ccncc1. The predicted molar refractivity (Wildman–Crippen MR) is 97.0 cm³/mol. The number of para-hydroxylation sites is 2. The van der Waals surface area contributed by atoms with E-state index in [0.29, 0.717) is 6.04 Å². The molecule has 3 rings (SSSR count). The van der Waals surface area contributed by atoms with Crippen LogP contribution in [0.15, 0.2) is 53.8 Å². The Labute approximate surface area is 140 Å². The molecule has 2 aromatic heterocycles. The predicted octanol–water partition coefficient (Wildman–Crippen LogP) is 4.18. The summed E-state index contributed by atoms with van der Waals surface area (Å²) in [6, 6.07) is 12.4. The van der Waals surface area contributed by atoms with Gasteiger partial charge in [-0.1, -0.05) is 12.1 Å². The summed E-state index contributed by atoms with van der Waals surface area (Å²) in [6.45, 7) is 4.23. The lowest BCUT2D eigenvalue weighted by Crippen LogP contribution is -2.13. The molecule has 0 unspecified atom stereocenters. The number of anilines is 1. The Morgan fingerprint density at radius 3 is 2.39 bits per heavy atom. The fraction of sp³-hybridized carbons (Fsp3) is 0.278. The fourth-order valence-corrected chi connectivity index (χ4v) is 3.20. The topological polar surface area (TPSA) is 50.7 Å². The van der Waals surface area contributed by atoms with Crippen LogP contribution in [-0.2, 0) is 6.42 Å². The molecule has 0 radical (unpaired) electrons. The second kappa shape index (κ2) is 7.42. The van der Waals surface area contributed by atoms with Crippen molar-refractivity contribution >= 4 is 28.6 Å². The van der Waals surface area contributed by atoms with Gasteiger partial charge in [-0.05, 0) is 50.1 Å². The lowest BCUT2D eigenvalue weighted by molar-refractivity contribution is 0.876. The van der Waals surface area contributed by atoms with E-state index < -0.39 is 0 Å². The highest BCUT2D eigenvalue weighted by Crippen LogP contribution is 2.27. The van der Waals surface area contributed by atoms with Crippen LogP contribution in [0, 0.1) is 0 Å². The van der Waals surface area contributed by atoms with E-state index in [1.807, 2.05) is 36.7 Å². The van der Waals surface area contributed by atoms with Crippen molar-refractivity contribution in [3.05, 3.63) is 54.4 Å². The Morgan fingerprint density at radius 1 is 1.00 bits per heavy atom. The number of hydrogen-bond acceptors (Lipinski definition) is 5. The van der Waals surface area contributed by atoms with Gasteiger partial charge < -0.3 is 5.32 Å². The zero-order valence-electron chi connectivity index (χ0n) is 13.4. The van der Waals surface area contributed by atoms with E-state index in [0.717, 1.165) is 34.1 Å². The molecule has 0 fully saturated rings. The summed E-state index contributed by atoms with van der Waals surface area (Å²) < 4.78 is 0. The second-order valence-electron chi connectivity index (χ2n) is 5.62. The van der Waals surface area contributed by atoms with Crippen LogP contribution in [0.1, 0.15) is 19.4 Å². The summed E-state index contributed by atoms with van der Waals surface area (Å²) >= 11 is 1.74. The number of nitrogens with one attached hydrogen (secondary N) is 1. The van der Waals surface area contributed by atoms with Gasteiger partial charge >= 0.3 is 0 Å². The summed E-state index contributed by atoms with van der Waals surface area (Å²) in [4.78, 5) is 13.6. The van der Waals surface area contributed by atoms with Crippen LogP contribution in [0.2, 0.25) is 0 Å². The maximum Gasteiger partial charge on any atom is 0.159 e. The molecule has 4 nitrogen and oxygen atoms in total. The van der Waals surface area contributed by atoms with Crippen LogP contribution in [0.3, 0.4) is 0 Å². The van der Waals surface area contributed by atoms with Crippen LogP contribution in [0.25, 0.3) is 11.0 Å². The zero-order valence-corrected chi connectivity index (χ0v) is 14.2. The lowest BCUT2D eigenvalue weighted by atomic mass is 10.2. The maximum atomic E-state index is 4.79. The minimum atomic E-state index is 0.324. The number of benzene rings is 1. The van der Waals surface area contributed by atoms with E-state index in [9.17, 15) is 0 Å². The normalized spacial score (nSPS) is 11.1. The maximum absolute atomic E-state index is 4.79. The Hall–Kier alpha value is -2.14. The molecule has 1 aromatic carbocycles. The number of aromatic nitrogens is 3. The molecule has 1 N–H and O–H groups in total. The monoisotopic (exact) mass is 324 g/mol. The summed E-state index contributed by atoms with van der Waals surface area (Å²) in [7, 11) is 0. The number of rotatable bonds is 6. The van der Waals surface area contributed by atoms with Crippen LogP contribution in [0.5, 0.6) is 0 Å². The quantitative estimate of drug-likeness (QED) is 0.689. The average Bonchev–Trinajstić information content (AvgIpc) is 2.55. The van der Waals surface area contributed by atoms with Gasteiger partial charge in [0, 0.05) is 24.2 Å². The molecule has 0 saturated heterocycles.